The van der Waals surface area contributed by atoms with Gasteiger partial charge in [-0.3, -0.25) is 0 Å². The minimum Gasteiger partial charge on any atom is -0.463 e. The predicted octanol–water partition coefficient (Wildman–Crippen LogP) is 2.73. The summed E-state index contributed by atoms with van der Waals surface area (Å²) >= 11 is 0. The molecule has 0 saturated heterocycles. The van der Waals surface area contributed by atoms with Gasteiger partial charge in [0.05, 0.1) is 6.61 Å². The van der Waals surface area contributed by atoms with Crippen LogP contribution in [0.15, 0.2) is 60.7 Å². The highest BCUT2D eigenvalue weighted by atomic mass is 19.1. The van der Waals surface area contributed by atoms with Crippen molar-refractivity contribution in [2.45, 2.75) is 24.8 Å². The molecule has 2 aromatic rings. The van der Waals surface area contributed by atoms with E-state index < -0.39 is 23.8 Å². The van der Waals surface area contributed by atoms with Crippen LogP contribution in [-0.4, -0.2) is 28.5 Å². The fourth-order valence-electron chi connectivity index (χ4n) is 2.37. The quantitative estimate of drug-likeness (QED) is 0.804. The van der Waals surface area contributed by atoms with Gasteiger partial charge in [-0.25, -0.2) is 9.18 Å². The third-order valence-corrected chi connectivity index (χ3v) is 3.61. The Morgan fingerprint density at radius 2 is 1.39 bits per heavy atom. The van der Waals surface area contributed by atoms with Crippen molar-refractivity contribution in [3.63, 3.8) is 0 Å². The molecule has 2 aromatic carbocycles. The Morgan fingerprint density at radius 3 is 1.74 bits per heavy atom. The maximum atomic E-state index is 15.6. The molecular formula is C18H19FO4. The molecule has 4 nitrogen and oxygen atoms in total. The smallest absolute Gasteiger partial charge is 0.350 e. The number of hydrogen-bond donors (Lipinski definition) is 2. The van der Waals surface area contributed by atoms with Gasteiger partial charge in [-0.15, -0.1) is 0 Å². The first-order chi connectivity index (χ1) is 11.0. The molecule has 0 amide bonds. The van der Waals surface area contributed by atoms with E-state index in [9.17, 15) is 15.0 Å². The molecule has 0 spiro atoms. The van der Waals surface area contributed by atoms with Gasteiger partial charge < -0.3 is 14.9 Å². The topological polar surface area (TPSA) is 66.8 Å². The van der Waals surface area contributed by atoms with Crippen molar-refractivity contribution in [2.75, 3.05) is 6.61 Å². The number of esters is 1. The molecule has 0 saturated carbocycles. The van der Waals surface area contributed by atoms with E-state index in [4.69, 9.17) is 4.74 Å². The van der Waals surface area contributed by atoms with Crippen LogP contribution in [0.2, 0.25) is 0 Å². The molecule has 0 aliphatic heterocycles. The fourth-order valence-corrected chi connectivity index (χ4v) is 2.37. The first-order valence-electron chi connectivity index (χ1n) is 7.34. The summed E-state index contributed by atoms with van der Waals surface area (Å²) < 4.78 is 20.3. The van der Waals surface area contributed by atoms with Gasteiger partial charge in [0.2, 0.25) is 0 Å². The lowest BCUT2D eigenvalue weighted by atomic mass is 9.84. The van der Waals surface area contributed by atoms with Gasteiger partial charge >= 0.3 is 5.97 Å². The Labute approximate surface area is 134 Å². The molecule has 122 valence electrons. The van der Waals surface area contributed by atoms with E-state index in [0.717, 1.165) is 0 Å². The first-order valence-corrected chi connectivity index (χ1v) is 7.34. The Morgan fingerprint density at radius 1 is 1.00 bits per heavy atom. The maximum absolute atomic E-state index is 15.6. The zero-order valence-corrected chi connectivity index (χ0v) is 12.7. The first kappa shape index (κ1) is 17.1. The van der Waals surface area contributed by atoms with Gasteiger partial charge in [-0.1, -0.05) is 60.7 Å². The molecule has 0 heterocycles. The van der Waals surface area contributed by atoms with Crippen LogP contribution in [0.5, 0.6) is 0 Å². The lowest BCUT2D eigenvalue weighted by Crippen LogP contribution is -2.47. The average molecular weight is 318 g/mol. The summed E-state index contributed by atoms with van der Waals surface area (Å²) in [7, 11) is 0. The molecule has 23 heavy (non-hydrogen) atoms. The molecule has 0 fully saturated rings. The van der Waals surface area contributed by atoms with Crippen LogP contribution in [0.3, 0.4) is 0 Å². The normalized spacial score (nSPS) is 16.2. The van der Waals surface area contributed by atoms with Crippen LogP contribution in [0.4, 0.5) is 4.39 Å². The maximum Gasteiger partial charge on any atom is 0.350 e. The molecule has 0 aliphatic rings. The number of alkyl halides is 1. The molecule has 0 radical (unpaired) electrons. The van der Waals surface area contributed by atoms with Crippen molar-refractivity contribution in [1.82, 2.24) is 0 Å². The van der Waals surface area contributed by atoms with Gasteiger partial charge in [0, 0.05) is 0 Å². The molecular weight excluding hydrogens is 299 g/mol. The summed E-state index contributed by atoms with van der Waals surface area (Å²) in [4.78, 5) is 12.2. The summed E-state index contributed by atoms with van der Waals surface area (Å²) in [6.45, 7) is 1.47. The van der Waals surface area contributed by atoms with Crippen molar-refractivity contribution in [2.24, 2.45) is 0 Å². The Bertz CT molecular complexity index is 584. The molecule has 2 rings (SSSR count). The predicted molar refractivity (Wildman–Crippen MR) is 83.3 cm³/mol. The van der Waals surface area contributed by atoms with E-state index in [0.29, 0.717) is 0 Å². The van der Waals surface area contributed by atoms with Crippen molar-refractivity contribution in [3.05, 3.63) is 71.8 Å². The highest BCUT2D eigenvalue weighted by Gasteiger charge is 2.54. The zero-order chi connectivity index (χ0) is 16.9. The van der Waals surface area contributed by atoms with E-state index in [2.05, 4.69) is 0 Å². The van der Waals surface area contributed by atoms with Crippen LogP contribution in [0.25, 0.3) is 0 Å². The van der Waals surface area contributed by atoms with Crippen LogP contribution >= 0.6 is 0 Å². The van der Waals surface area contributed by atoms with Crippen LogP contribution in [0.1, 0.15) is 30.3 Å². The van der Waals surface area contributed by atoms with E-state index in [1.165, 1.54) is 31.2 Å². The molecule has 0 aliphatic carbocycles. The second kappa shape index (κ2) is 7.35. The van der Waals surface area contributed by atoms with Crippen LogP contribution in [0, 0.1) is 0 Å². The van der Waals surface area contributed by atoms with Gasteiger partial charge in [0.15, 0.2) is 0 Å². The summed E-state index contributed by atoms with van der Waals surface area (Å²) in [6.07, 6.45) is -3.73. The third-order valence-electron chi connectivity index (χ3n) is 3.61. The molecule has 5 heteroatoms. The summed E-state index contributed by atoms with van der Waals surface area (Å²) in [5, 5.41) is 20.9. The Balaban J connectivity index is 2.46. The number of benzene rings is 2. The van der Waals surface area contributed by atoms with Crippen molar-refractivity contribution in [1.29, 1.82) is 0 Å². The summed E-state index contributed by atoms with van der Waals surface area (Å²) in [5.74, 6) is -1.30. The van der Waals surface area contributed by atoms with Crippen molar-refractivity contribution < 1.29 is 24.1 Å². The molecule has 2 atom stereocenters. The molecule has 2 N–H and O–H groups in total. The van der Waals surface area contributed by atoms with E-state index >= 15 is 4.39 Å². The van der Waals surface area contributed by atoms with Crippen LogP contribution in [-0.2, 0) is 9.53 Å². The minimum atomic E-state index is -3.02. The fraction of sp³-hybridized carbons (Fsp3) is 0.278. The number of hydrogen-bond acceptors (Lipinski definition) is 4. The summed E-state index contributed by atoms with van der Waals surface area (Å²) in [5.41, 5.74) is -2.66. The van der Waals surface area contributed by atoms with Crippen molar-refractivity contribution in [3.8, 4) is 0 Å². The third kappa shape index (κ3) is 3.41. The molecule has 0 bridgehead atoms. The highest BCUT2D eigenvalue weighted by molar-refractivity contribution is 5.82. The minimum absolute atomic E-state index is 0.0620. The largest absolute Gasteiger partial charge is 0.463 e. The number of halogens is 1. The van der Waals surface area contributed by atoms with Crippen LogP contribution < -0.4 is 0 Å². The van der Waals surface area contributed by atoms with Gasteiger partial charge in [-0.2, -0.15) is 0 Å². The Kier molecular flexibility index (Phi) is 5.47. The number of aliphatic hydroxyl groups excluding tert-OH is 2. The number of ether oxygens (including phenoxy) is 1. The lowest BCUT2D eigenvalue weighted by molar-refractivity contribution is -0.181. The Hall–Kier alpha value is -2.24. The number of carbonyl (C=O) groups excluding carboxylic acids is 1. The monoisotopic (exact) mass is 318 g/mol. The van der Waals surface area contributed by atoms with E-state index in [1.54, 1.807) is 36.4 Å². The van der Waals surface area contributed by atoms with E-state index in [-0.39, 0.29) is 17.7 Å². The second-order valence-corrected chi connectivity index (χ2v) is 5.11. The number of aliphatic hydroxyl groups is 2. The standard InChI is InChI=1S/C18H19FO4/c1-2-23-17(22)18(19,15(20)13-9-5-3-6-10-13)16(21)14-11-7-4-8-12-14/h3-12,15-16,20-21H,2H2,1H3. The van der Waals surface area contributed by atoms with Gasteiger partial charge in [0.25, 0.3) is 5.67 Å². The summed E-state index contributed by atoms with van der Waals surface area (Å²) in [6, 6.07) is 15.8. The number of carbonyl (C=O) groups is 1. The molecule has 2 unspecified atom stereocenters. The van der Waals surface area contributed by atoms with E-state index in [1.807, 2.05) is 0 Å². The average Bonchev–Trinajstić information content (AvgIpc) is 2.61. The zero-order valence-electron chi connectivity index (χ0n) is 12.7. The number of rotatable bonds is 6. The van der Waals surface area contributed by atoms with Gasteiger partial charge in [0.1, 0.15) is 12.2 Å². The highest BCUT2D eigenvalue weighted by Crippen LogP contribution is 2.41. The van der Waals surface area contributed by atoms with Crippen molar-refractivity contribution >= 4 is 5.97 Å². The second-order valence-electron chi connectivity index (χ2n) is 5.11. The van der Waals surface area contributed by atoms with Gasteiger partial charge in [-0.05, 0) is 18.1 Å². The lowest BCUT2D eigenvalue weighted by Gasteiger charge is -2.32. The SMILES string of the molecule is CCOC(=O)C(F)(C(O)c1ccccc1)C(O)c1ccccc1. The molecule has 0 aromatic heterocycles.